The van der Waals surface area contributed by atoms with E-state index >= 15 is 0 Å². The molecule has 2 N–H and O–H groups in total. The molecule has 1 aromatic rings. The summed E-state index contributed by atoms with van der Waals surface area (Å²) in [6.45, 7) is 1.08. The minimum absolute atomic E-state index is 0.0473. The highest BCUT2D eigenvalue weighted by atomic mass is 35.5. The summed E-state index contributed by atoms with van der Waals surface area (Å²) in [5.74, 6) is -0.356. The van der Waals surface area contributed by atoms with Crippen molar-refractivity contribution in [1.82, 2.24) is 15.5 Å². The van der Waals surface area contributed by atoms with Gasteiger partial charge in [0.1, 0.15) is 6.04 Å². The van der Waals surface area contributed by atoms with Gasteiger partial charge >= 0.3 is 0 Å². The lowest BCUT2D eigenvalue weighted by molar-refractivity contribution is -0.132. The zero-order valence-electron chi connectivity index (χ0n) is 15.5. The number of nitrogens with zero attached hydrogens (tertiary/aromatic N) is 1. The van der Waals surface area contributed by atoms with Crippen molar-refractivity contribution < 1.29 is 14.4 Å². The van der Waals surface area contributed by atoms with Gasteiger partial charge in [0, 0.05) is 31.6 Å². The molecule has 1 saturated carbocycles. The normalized spacial score (nSPS) is 14.3. The first-order chi connectivity index (χ1) is 13.0. The molecule has 27 heavy (non-hydrogen) atoms. The lowest BCUT2D eigenvalue weighted by Gasteiger charge is -2.18. The van der Waals surface area contributed by atoms with Crippen molar-refractivity contribution in [3.63, 3.8) is 0 Å². The molecule has 1 aliphatic heterocycles. The van der Waals surface area contributed by atoms with Crippen LogP contribution < -0.4 is 10.6 Å². The lowest BCUT2D eigenvalue weighted by Crippen LogP contribution is -2.43. The van der Waals surface area contributed by atoms with Gasteiger partial charge in [-0.2, -0.15) is 0 Å². The molecular formula is C20H26ClN3O3. The molecule has 7 heteroatoms. The zero-order valence-corrected chi connectivity index (χ0v) is 16.3. The molecule has 1 aliphatic carbocycles. The van der Waals surface area contributed by atoms with Crippen molar-refractivity contribution in [3.05, 3.63) is 34.3 Å². The van der Waals surface area contributed by atoms with E-state index in [0.29, 0.717) is 24.5 Å². The number of fused-ring (bicyclic) bond motifs is 1. The van der Waals surface area contributed by atoms with Gasteiger partial charge in [0.15, 0.2) is 0 Å². The van der Waals surface area contributed by atoms with Crippen molar-refractivity contribution in [2.24, 2.45) is 0 Å². The Morgan fingerprint density at radius 1 is 1.22 bits per heavy atom. The quantitative estimate of drug-likeness (QED) is 0.576. The highest BCUT2D eigenvalue weighted by molar-refractivity contribution is 6.30. The van der Waals surface area contributed by atoms with Crippen molar-refractivity contribution in [2.75, 3.05) is 7.05 Å². The molecule has 1 heterocycles. The summed E-state index contributed by atoms with van der Waals surface area (Å²) in [4.78, 5) is 36.1. The predicted octanol–water partition coefficient (Wildman–Crippen LogP) is 2.24. The standard InChI is InChI=1S/C15H18ClN3O3.C3H6.C2H2/c1-17-15(22)13(18-9-20)4-5-14(21)19-7-10-2-3-12(16)6-11(10)8-19;1-2-3-1;1-2/h2-3,6,9,13H,4-5,7-8H2,1H3,(H,17,22)(H,18,20);1-3H2;1-2H/t13-;;/m1../s1. The maximum absolute atomic E-state index is 12.3. The van der Waals surface area contributed by atoms with Gasteiger partial charge in [0.2, 0.25) is 18.2 Å². The van der Waals surface area contributed by atoms with Gasteiger partial charge in [-0.1, -0.05) is 36.9 Å². The molecule has 1 aromatic carbocycles. The van der Waals surface area contributed by atoms with Crippen molar-refractivity contribution in [1.29, 1.82) is 0 Å². The number of halogens is 1. The van der Waals surface area contributed by atoms with E-state index < -0.39 is 6.04 Å². The average molecular weight is 392 g/mol. The van der Waals surface area contributed by atoms with Crippen LogP contribution in [0.15, 0.2) is 18.2 Å². The van der Waals surface area contributed by atoms with Crippen LogP contribution in [0, 0.1) is 12.8 Å². The van der Waals surface area contributed by atoms with Crippen LogP contribution in [0.3, 0.4) is 0 Å². The summed E-state index contributed by atoms with van der Waals surface area (Å²) in [5, 5.41) is 5.54. The lowest BCUT2D eigenvalue weighted by atomic mass is 10.1. The highest BCUT2D eigenvalue weighted by Crippen LogP contribution is 2.26. The first-order valence-corrected chi connectivity index (χ1v) is 9.22. The molecule has 0 spiro atoms. The molecule has 0 bridgehead atoms. The van der Waals surface area contributed by atoms with Crippen molar-refractivity contribution in [3.8, 4) is 12.8 Å². The van der Waals surface area contributed by atoms with Crippen LogP contribution in [0.1, 0.15) is 43.2 Å². The first-order valence-electron chi connectivity index (χ1n) is 8.85. The summed E-state index contributed by atoms with van der Waals surface area (Å²) < 4.78 is 0. The number of rotatable bonds is 6. The largest absolute Gasteiger partial charge is 0.357 e. The second-order valence-corrected chi connectivity index (χ2v) is 6.65. The Morgan fingerprint density at radius 2 is 1.85 bits per heavy atom. The predicted molar refractivity (Wildman–Crippen MR) is 106 cm³/mol. The summed E-state index contributed by atoms with van der Waals surface area (Å²) in [6, 6.07) is 4.91. The van der Waals surface area contributed by atoms with Crippen molar-refractivity contribution >= 4 is 29.8 Å². The Bertz CT molecular complexity index is 671. The maximum Gasteiger partial charge on any atom is 0.242 e. The van der Waals surface area contributed by atoms with Crippen LogP contribution in [0.2, 0.25) is 5.02 Å². The van der Waals surface area contributed by atoms with E-state index in [1.54, 1.807) is 4.90 Å². The molecule has 2 aliphatic rings. The summed E-state index contributed by atoms with van der Waals surface area (Å²) >= 11 is 5.95. The third-order valence-corrected chi connectivity index (χ3v) is 4.31. The van der Waals surface area contributed by atoms with E-state index in [1.165, 1.54) is 26.3 Å². The first kappa shape index (κ1) is 22.5. The number of likely N-dealkylation sites (N-methyl/N-ethyl adjacent to an activating group) is 1. The molecule has 3 amide bonds. The van der Waals surface area contributed by atoms with Crippen molar-refractivity contribution in [2.45, 2.75) is 51.2 Å². The average Bonchev–Trinajstić information content (AvgIpc) is 3.51. The van der Waals surface area contributed by atoms with Gasteiger partial charge in [-0.3, -0.25) is 14.4 Å². The third kappa shape index (κ3) is 7.71. The molecule has 146 valence electrons. The third-order valence-electron chi connectivity index (χ3n) is 4.08. The second kappa shape index (κ2) is 12.0. The minimum Gasteiger partial charge on any atom is -0.357 e. The van der Waals surface area contributed by atoms with Crippen LogP contribution in [0.25, 0.3) is 0 Å². The van der Waals surface area contributed by atoms with E-state index in [1.807, 2.05) is 18.2 Å². The van der Waals surface area contributed by atoms with Gasteiger partial charge < -0.3 is 15.5 Å². The van der Waals surface area contributed by atoms with E-state index in [-0.39, 0.29) is 24.7 Å². The molecule has 3 rings (SSSR count). The summed E-state index contributed by atoms with van der Waals surface area (Å²) in [5.41, 5.74) is 2.14. The smallest absolute Gasteiger partial charge is 0.242 e. The fraction of sp³-hybridized carbons (Fsp3) is 0.450. The number of hydrogen-bond acceptors (Lipinski definition) is 3. The topological polar surface area (TPSA) is 78.5 Å². The molecule has 0 radical (unpaired) electrons. The van der Waals surface area contributed by atoms with E-state index in [0.717, 1.165) is 11.1 Å². The number of amides is 3. The highest BCUT2D eigenvalue weighted by Gasteiger charge is 2.25. The van der Waals surface area contributed by atoms with Gasteiger partial charge in [-0.05, 0) is 29.7 Å². The van der Waals surface area contributed by atoms with Crippen LogP contribution in [0.5, 0.6) is 0 Å². The monoisotopic (exact) mass is 391 g/mol. The minimum atomic E-state index is -0.689. The maximum atomic E-state index is 12.3. The second-order valence-electron chi connectivity index (χ2n) is 6.21. The Morgan fingerprint density at radius 3 is 2.41 bits per heavy atom. The molecule has 0 unspecified atom stereocenters. The molecular weight excluding hydrogens is 366 g/mol. The van der Waals surface area contributed by atoms with E-state index in [4.69, 9.17) is 11.6 Å². The molecule has 1 fully saturated rings. The molecule has 6 nitrogen and oxygen atoms in total. The number of benzene rings is 1. The Kier molecular flexibility index (Phi) is 9.99. The fourth-order valence-electron chi connectivity index (χ4n) is 2.51. The van der Waals surface area contributed by atoms with Gasteiger partial charge in [0.25, 0.3) is 0 Å². The van der Waals surface area contributed by atoms with Crippen LogP contribution in [-0.4, -0.2) is 36.2 Å². The molecule has 1 atom stereocenters. The number of hydrogen-bond donors (Lipinski definition) is 2. The van der Waals surface area contributed by atoms with Crippen LogP contribution in [-0.2, 0) is 27.5 Å². The van der Waals surface area contributed by atoms with E-state index in [9.17, 15) is 14.4 Å². The fourth-order valence-corrected chi connectivity index (χ4v) is 2.71. The Labute approximate surface area is 165 Å². The van der Waals surface area contributed by atoms with Gasteiger partial charge in [-0.25, -0.2) is 0 Å². The Balaban J connectivity index is 0.000000643. The zero-order chi connectivity index (χ0) is 20.2. The number of carbonyl (C=O) groups excluding carboxylic acids is 3. The number of carbonyl (C=O) groups is 3. The summed E-state index contributed by atoms with van der Waals surface area (Å²) in [7, 11) is 1.49. The van der Waals surface area contributed by atoms with E-state index in [2.05, 4.69) is 23.5 Å². The number of terminal acetylenes is 1. The van der Waals surface area contributed by atoms with Crippen LogP contribution >= 0.6 is 11.6 Å². The van der Waals surface area contributed by atoms with Gasteiger partial charge in [0.05, 0.1) is 0 Å². The van der Waals surface area contributed by atoms with Crippen LogP contribution in [0.4, 0.5) is 0 Å². The molecule has 0 aromatic heterocycles. The van der Waals surface area contributed by atoms with Gasteiger partial charge in [-0.15, -0.1) is 12.8 Å². The SMILES string of the molecule is C#C.C1CC1.CNC(=O)[C@@H](CCC(=O)N1Cc2ccc(Cl)cc2C1)NC=O. The Hall–Kier alpha value is -2.52. The summed E-state index contributed by atoms with van der Waals surface area (Å²) in [6.07, 6.45) is 13.4. The molecule has 0 saturated heterocycles. The number of nitrogens with one attached hydrogen (secondary N) is 2.